The molecule has 0 spiro atoms. The lowest BCUT2D eigenvalue weighted by Crippen LogP contribution is -2.60. The summed E-state index contributed by atoms with van der Waals surface area (Å²) in [4.78, 5) is 41.4. The summed E-state index contributed by atoms with van der Waals surface area (Å²) in [6.45, 7) is 14.3. The van der Waals surface area contributed by atoms with Crippen LogP contribution in [-0.4, -0.2) is 71.5 Å². The Labute approximate surface area is 181 Å². The molecular formula is C23H41N3O4. The van der Waals surface area contributed by atoms with Crippen LogP contribution < -0.4 is 5.32 Å². The minimum Gasteiger partial charge on any atom is -0.478 e. The van der Waals surface area contributed by atoms with Gasteiger partial charge in [0.05, 0.1) is 12.1 Å². The van der Waals surface area contributed by atoms with E-state index in [4.69, 9.17) is 0 Å². The van der Waals surface area contributed by atoms with Crippen molar-refractivity contribution in [2.24, 2.45) is 17.3 Å². The van der Waals surface area contributed by atoms with E-state index in [0.717, 1.165) is 19.4 Å². The average Bonchev–Trinajstić information content (AvgIpc) is 2.61. The van der Waals surface area contributed by atoms with E-state index in [0.29, 0.717) is 5.92 Å². The molecule has 1 saturated heterocycles. The van der Waals surface area contributed by atoms with Gasteiger partial charge in [-0.3, -0.25) is 14.5 Å². The van der Waals surface area contributed by atoms with Crippen molar-refractivity contribution in [1.82, 2.24) is 15.1 Å². The number of piperidine rings is 1. The monoisotopic (exact) mass is 423 g/mol. The molecule has 1 heterocycles. The van der Waals surface area contributed by atoms with Crippen molar-refractivity contribution in [3.8, 4) is 0 Å². The lowest BCUT2D eigenvalue weighted by molar-refractivity contribution is -0.141. The van der Waals surface area contributed by atoms with E-state index in [1.165, 1.54) is 6.92 Å². The zero-order chi connectivity index (χ0) is 23.4. The molecule has 1 unspecified atom stereocenters. The van der Waals surface area contributed by atoms with Crippen LogP contribution in [0.3, 0.4) is 0 Å². The Balaban J connectivity index is 3.09. The van der Waals surface area contributed by atoms with Crippen molar-refractivity contribution in [3.63, 3.8) is 0 Å². The van der Waals surface area contributed by atoms with E-state index in [1.807, 2.05) is 41.7 Å². The van der Waals surface area contributed by atoms with Crippen molar-refractivity contribution in [1.29, 1.82) is 0 Å². The van der Waals surface area contributed by atoms with E-state index in [2.05, 4.69) is 17.1 Å². The number of amides is 2. The van der Waals surface area contributed by atoms with Gasteiger partial charge in [0.25, 0.3) is 0 Å². The summed E-state index contributed by atoms with van der Waals surface area (Å²) in [7, 11) is 3.63. The molecule has 1 fully saturated rings. The van der Waals surface area contributed by atoms with Crippen LogP contribution >= 0.6 is 0 Å². The summed E-state index contributed by atoms with van der Waals surface area (Å²) in [5.74, 6) is -0.756. The van der Waals surface area contributed by atoms with Crippen LogP contribution in [0.5, 0.6) is 0 Å². The molecule has 0 radical (unpaired) electrons. The fourth-order valence-electron chi connectivity index (χ4n) is 4.02. The lowest BCUT2D eigenvalue weighted by atomic mass is 9.84. The summed E-state index contributed by atoms with van der Waals surface area (Å²) in [6.07, 6.45) is 3.38. The number of hydrogen-bond acceptors (Lipinski definition) is 4. The molecule has 2 N–H and O–H groups in total. The van der Waals surface area contributed by atoms with Gasteiger partial charge in [0, 0.05) is 19.2 Å². The summed E-state index contributed by atoms with van der Waals surface area (Å²) in [5, 5.41) is 12.3. The quantitative estimate of drug-likeness (QED) is 0.615. The highest BCUT2D eigenvalue weighted by atomic mass is 16.4. The maximum atomic E-state index is 13.5. The third-order valence-electron chi connectivity index (χ3n) is 6.00. The number of nitrogens with zero attached hydrogens (tertiary/aromatic N) is 2. The maximum absolute atomic E-state index is 13.5. The van der Waals surface area contributed by atoms with Gasteiger partial charge in [0.2, 0.25) is 11.8 Å². The molecule has 1 rings (SSSR count). The number of carboxylic acid groups (broad SMARTS) is 1. The van der Waals surface area contributed by atoms with Crippen molar-refractivity contribution in [2.45, 2.75) is 79.4 Å². The fraction of sp³-hybridized carbons (Fsp3) is 0.783. The van der Waals surface area contributed by atoms with Gasteiger partial charge in [-0.15, -0.1) is 0 Å². The van der Waals surface area contributed by atoms with E-state index < -0.39 is 17.4 Å². The highest BCUT2D eigenvalue weighted by Crippen LogP contribution is 2.25. The summed E-state index contributed by atoms with van der Waals surface area (Å²) >= 11 is 0. The SMILES string of the molecule is CC(=C[C@H](C(C)C)N(C)C(=O)[C@@H](NC(=O)C1CC[C@H](C)CN1C)C(C)(C)C)C(=O)O. The first-order valence-electron chi connectivity index (χ1n) is 10.9. The molecule has 0 bridgehead atoms. The Morgan fingerprint density at radius 3 is 2.20 bits per heavy atom. The molecule has 1 aliphatic rings. The predicted octanol–water partition coefficient (Wildman–Crippen LogP) is 2.76. The predicted molar refractivity (Wildman–Crippen MR) is 119 cm³/mol. The van der Waals surface area contributed by atoms with Crippen molar-refractivity contribution >= 4 is 17.8 Å². The standard InChI is InChI=1S/C23H41N3O4/c1-14(2)18(12-16(4)22(29)30)26(9)21(28)19(23(5,6)7)24-20(27)17-11-10-15(3)13-25(17)8/h12,14-15,17-19H,10-11,13H2,1-9H3,(H,24,27)(H,29,30)/t15-,17?,18+,19+/m0/s1. The molecule has 4 atom stereocenters. The number of nitrogens with one attached hydrogen (secondary N) is 1. The smallest absolute Gasteiger partial charge is 0.331 e. The fourth-order valence-corrected chi connectivity index (χ4v) is 4.02. The highest BCUT2D eigenvalue weighted by Gasteiger charge is 2.39. The zero-order valence-electron chi connectivity index (χ0n) is 20.2. The second-order valence-electron chi connectivity index (χ2n) is 10.3. The summed E-state index contributed by atoms with van der Waals surface area (Å²) < 4.78 is 0. The first kappa shape index (κ1) is 26.1. The molecule has 0 saturated carbocycles. The van der Waals surface area contributed by atoms with Crippen molar-refractivity contribution < 1.29 is 19.5 Å². The molecule has 2 amide bonds. The van der Waals surface area contributed by atoms with Crippen molar-refractivity contribution in [3.05, 3.63) is 11.6 Å². The Hall–Kier alpha value is -1.89. The molecular weight excluding hydrogens is 382 g/mol. The van der Waals surface area contributed by atoms with Gasteiger partial charge in [-0.1, -0.05) is 47.6 Å². The van der Waals surface area contributed by atoms with E-state index in [-0.39, 0.29) is 35.4 Å². The maximum Gasteiger partial charge on any atom is 0.331 e. The minimum absolute atomic E-state index is 0.0236. The van der Waals surface area contributed by atoms with Crippen LogP contribution in [0, 0.1) is 17.3 Å². The molecule has 0 aromatic rings. The molecule has 0 aromatic heterocycles. The van der Waals surface area contributed by atoms with Crippen LogP contribution in [0.1, 0.15) is 61.3 Å². The topological polar surface area (TPSA) is 90.0 Å². The van der Waals surface area contributed by atoms with E-state index in [1.54, 1.807) is 18.0 Å². The van der Waals surface area contributed by atoms with Gasteiger partial charge in [-0.2, -0.15) is 0 Å². The molecule has 172 valence electrons. The van der Waals surface area contributed by atoms with E-state index >= 15 is 0 Å². The summed E-state index contributed by atoms with van der Waals surface area (Å²) in [6, 6.07) is -1.32. The molecule has 0 aliphatic carbocycles. The number of aliphatic carboxylic acids is 1. The van der Waals surface area contributed by atoms with Gasteiger partial charge >= 0.3 is 5.97 Å². The number of carbonyl (C=O) groups is 3. The first-order valence-corrected chi connectivity index (χ1v) is 10.9. The van der Waals surface area contributed by atoms with Crippen LogP contribution in [0.4, 0.5) is 0 Å². The third-order valence-corrected chi connectivity index (χ3v) is 6.00. The van der Waals surface area contributed by atoms with Crippen LogP contribution in [0.15, 0.2) is 11.6 Å². The molecule has 0 aromatic carbocycles. The first-order chi connectivity index (χ1) is 13.7. The second kappa shape index (κ2) is 10.4. The van der Waals surface area contributed by atoms with Gasteiger partial charge in [0.1, 0.15) is 6.04 Å². The number of hydrogen-bond donors (Lipinski definition) is 2. The van der Waals surface area contributed by atoms with Gasteiger partial charge in [-0.25, -0.2) is 4.79 Å². The second-order valence-corrected chi connectivity index (χ2v) is 10.3. The number of likely N-dealkylation sites (tertiary alicyclic amines) is 1. The normalized spacial score (nSPS) is 23.1. The van der Waals surface area contributed by atoms with Crippen LogP contribution in [0.2, 0.25) is 0 Å². The minimum atomic E-state index is -1.00. The Bertz CT molecular complexity index is 666. The zero-order valence-corrected chi connectivity index (χ0v) is 20.2. The number of carbonyl (C=O) groups excluding carboxylic acids is 2. The molecule has 30 heavy (non-hydrogen) atoms. The Morgan fingerprint density at radius 1 is 1.20 bits per heavy atom. The Morgan fingerprint density at radius 2 is 1.77 bits per heavy atom. The van der Waals surface area contributed by atoms with Gasteiger partial charge in [-0.05, 0) is 44.1 Å². The molecule has 7 nitrogen and oxygen atoms in total. The van der Waals surface area contributed by atoms with Crippen LogP contribution in [-0.2, 0) is 14.4 Å². The number of likely N-dealkylation sites (N-methyl/N-ethyl adjacent to an activating group) is 2. The summed E-state index contributed by atoms with van der Waals surface area (Å²) in [5.41, 5.74) is -0.295. The largest absolute Gasteiger partial charge is 0.478 e. The number of rotatable bonds is 7. The van der Waals surface area contributed by atoms with Crippen molar-refractivity contribution in [2.75, 3.05) is 20.6 Å². The third kappa shape index (κ3) is 6.83. The average molecular weight is 424 g/mol. The highest BCUT2D eigenvalue weighted by molar-refractivity contribution is 5.91. The van der Waals surface area contributed by atoms with E-state index in [9.17, 15) is 19.5 Å². The van der Waals surface area contributed by atoms with Gasteiger partial charge in [0.15, 0.2) is 0 Å². The molecule has 7 heteroatoms. The molecule has 1 aliphatic heterocycles. The van der Waals surface area contributed by atoms with Crippen LogP contribution in [0.25, 0.3) is 0 Å². The van der Waals surface area contributed by atoms with Gasteiger partial charge < -0.3 is 15.3 Å². The Kier molecular flexibility index (Phi) is 9.08. The lowest BCUT2D eigenvalue weighted by Gasteiger charge is -2.40. The number of carboxylic acids is 1.